The molecule has 1 aliphatic rings. The number of benzene rings is 1. The number of aliphatic hydroxyl groups is 1. The van der Waals surface area contributed by atoms with Crippen LogP contribution in [0.2, 0.25) is 0 Å². The van der Waals surface area contributed by atoms with E-state index < -0.39 is 47.4 Å². The lowest BCUT2D eigenvalue weighted by atomic mass is 9.95. The molecule has 1 amide bonds. The fourth-order valence-corrected chi connectivity index (χ4v) is 3.08. The Morgan fingerprint density at radius 1 is 1.26 bits per heavy atom. The molecule has 3 atom stereocenters. The number of amides is 1. The molecule has 0 bridgehead atoms. The number of hydrogen-bond donors (Lipinski definition) is 1. The zero-order chi connectivity index (χ0) is 20.4. The van der Waals surface area contributed by atoms with Crippen LogP contribution in [0.1, 0.15) is 45.6 Å². The Morgan fingerprint density at radius 2 is 1.85 bits per heavy atom. The third-order valence-corrected chi connectivity index (χ3v) is 4.18. The van der Waals surface area contributed by atoms with Crippen LogP contribution < -0.4 is 0 Å². The smallest absolute Gasteiger partial charge is 0.410 e. The first-order chi connectivity index (χ1) is 12.5. The maximum Gasteiger partial charge on any atom is 0.410 e. The quantitative estimate of drug-likeness (QED) is 0.789. The summed E-state index contributed by atoms with van der Waals surface area (Å²) in [5, 5.41) is 9.88. The highest BCUT2D eigenvalue weighted by Gasteiger charge is 2.44. The van der Waals surface area contributed by atoms with Gasteiger partial charge < -0.3 is 14.6 Å². The molecule has 0 aliphatic carbocycles. The SMILES string of the molecule is CCOC(O)C(=O)C1C[C@@H](c2cc(F)cc(F)c2)CN1C(=O)OC(C)(C)C. The van der Waals surface area contributed by atoms with Gasteiger partial charge in [0.15, 0.2) is 0 Å². The molecule has 2 rings (SSSR count). The standard InChI is InChI=1S/C19H25F2NO5/c1-5-26-17(24)16(23)15-8-12(11-6-13(20)9-14(21)7-11)10-22(15)18(25)27-19(2,3)4/h6-7,9,12,15,17,24H,5,8,10H2,1-4H3/t12-,15?,17?/m1/s1. The van der Waals surface area contributed by atoms with Crippen molar-refractivity contribution >= 4 is 11.9 Å². The Bertz CT molecular complexity index is 684. The summed E-state index contributed by atoms with van der Waals surface area (Å²) in [4.78, 5) is 26.3. The summed E-state index contributed by atoms with van der Waals surface area (Å²) < 4.78 is 37.4. The molecule has 1 aromatic carbocycles. The highest BCUT2D eigenvalue weighted by atomic mass is 19.1. The fourth-order valence-electron chi connectivity index (χ4n) is 3.08. The molecule has 27 heavy (non-hydrogen) atoms. The molecule has 8 heteroatoms. The van der Waals surface area contributed by atoms with Gasteiger partial charge >= 0.3 is 6.09 Å². The van der Waals surface area contributed by atoms with E-state index in [2.05, 4.69) is 0 Å². The van der Waals surface area contributed by atoms with Crippen molar-refractivity contribution in [1.82, 2.24) is 4.90 Å². The maximum absolute atomic E-state index is 13.6. The number of ether oxygens (including phenoxy) is 2. The predicted octanol–water partition coefficient (Wildman–Crippen LogP) is 2.98. The number of likely N-dealkylation sites (tertiary alicyclic amines) is 1. The Kier molecular flexibility index (Phi) is 6.54. The van der Waals surface area contributed by atoms with Gasteiger partial charge in [-0.15, -0.1) is 0 Å². The summed E-state index contributed by atoms with van der Waals surface area (Å²) in [6.07, 6.45) is -2.32. The second-order valence-corrected chi connectivity index (χ2v) is 7.49. The van der Waals surface area contributed by atoms with Crippen LogP contribution in [0.3, 0.4) is 0 Å². The summed E-state index contributed by atoms with van der Waals surface area (Å²) in [5.74, 6) is -2.65. The molecule has 0 radical (unpaired) electrons. The molecule has 1 N–H and O–H groups in total. The zero-order valence-corrected chi connectivity index (χ0v) is 15.9. The van der Waals surface area contributed by atoms with Gasteiger partial charge in [0.05, 0.1) is 6.04 Å². The average Bonchev–Trinajstić information content (AvgIpc) is 2.97. The van der Waals surface area contributed by atoms with E-state index in [-0.39, 0.29) is 19.6 Å². The van der Waals surface area contributed by atoms with Crippen molar-refractivity contribution in [3.63, 3.8) is 0 Å². The molecular weight excluding hydrogens is 360 g/mol. The molecule has 1 heterocycles. The summed E-state index contributed by atoms with van der Waals surface area (Å²) in [7, 11) is 0. The number of hydrogen-bond acceptors (Lipinski definition) is 5. The molecule has 1 fully saturated rings. The molecule has 6 nitrogen and oxygen atoms in total. The van der Waals surface area contributed by atoms with Crippen LogP contribution in [-0.4, -0.2) is 53.0 Å². The molecule has 150 valence electrons. The van der Waals surface area contributed by atoms with Crippen LogP contribution in [-0.2, 0) is 14.3 Å². The van der Waals surface area contributed by atoms with Gasteiger partial charge in [-0.05, 0) is 51.8 Å². The number of ketones is 1. The van der Waals surface area contributed by atoms with Crippen LogP contribution in [0, 0.1) is 11.6 Å². The van der Waals surface area contributed by atoms with Crippen molar-refractivity contribution in [3.8, 4) is 0 Å². The number of carbonyl (C=O) groups excluding carboxylic acids is 2. The summed E-state index contributed by atoms with van der Waals surface area (Å²) in [6.45, 7) is 6.83. The average molecular weight is 385 g/mol. The number of halogens is 2. The molecule has 0 spiro atoms. The lowest BCUT2D eigenvalue weighted by molar-refractivity contribution is -0.159. The first kappa shape index (κ1) is 21.2. The first-order valence-corrected chi connectivity index (χ1v) is 8.80. The van der Waals surface area contributed by atoms with Crippen molar-refractivity contribution in [2.24, 2.45) is 0 Å². The van der Waals surface area contributed by atoms with Crippen molar-refractivity contribution in [2.75, 3.05) is 13.2 Å². The minimum absolute atomic E-state index is 0.0348. The fraction of sp³-hybridized carbons (Fsp3) is 0.579. The summed E-state index contributed by atoms with van der Waals surface area (Å²) in [6, 6.07) is 2.09. The second kappa shape index (κ2) is 8.31. The lowest BCUT2D eigenvalue weighted by Crippen LogP contribution is -2.47. The van der Waals surface area contributed by atoms with Gasteiger partial charge in [-0.3, -0.25) is 9.69 Å². The molecule has 1 aliphatic heterocycles. The van der Waals surface area contributed by atoms with E-state index in [1.165, 1.54) is 17.0 Å². The van der Waals surface area contributed by atoms with Crippen molar-refractivity contribution < 1.29 is 33.0 Å². The zero-order valence-electron chi connectivity index (χ0n) is 15.9. The monoisotopic (exact) mass is 385 g/mol. The van der Waals surface area contributed by atoms with Crippen molar-refractivity contribution in [2.45, 2.75) is 58.0 Å². The van der Waals surface area contributed by atoms with Crippen molar-refractivity contribution in [3.05, 3.63) is 35.4 Å². The molecule has 0 saturated carbocycles. The Labute approximate surface area is 157 Å². The van der Waals surface area contributed by atoms with E-state index >= 15 is 0 Å². The lowest BCUT2D eigenvalue weighted by Gasteiger charge is -2.28. The van der Waals surface area contributed by atoms with Gasteiger partial charge in [0.2, 0.25) is 12.1 Å². The Balaban J connectivity index is 2.29. The third-order valence-electron chi connectivity index (χ3n) is 4.18. The molecular formula is C19H25F2NO5. The first-order valence-electron chi connectivity index (χ1n) is 8.80. The number of Topliss-reactive ketones (excluding diaryl/α,β-unsaturated/α-hetero) is 1. The molecule has 0 aromatic heterocycles. The second-order valence-electron chi connectivity index (χ2n) is 7.49. The van der Waals surface area contributed by atoms with E-state index in [1.54, 1.807) is 27.7 Å². The van der Waals surface area contributed by atoms with Crippen LogP contribution in [0.15, 0.2) is 18.2 Å². The summed E-state index contributed by atoms with van der Waals surface area (Å²) in [5.41, 5.74) is -0.450. The van der Waals surface area contributed by atoms with E-state index in [4.69, 9.17) is 9.47 Å². The van der Waals surface area contributed by atoms with Gasteiger partial charge in [-0.2, -0.15) is 0 Å². The number of nitrogens with zero attached hydrogens (tertiary/aromatic N) is 1. The number of carbonyl (C=O) groups is 2. The van der Waals surface area contributed by atoms with E-state index in [1.807, 2.05) is 0 Å². The van der Waals surface area contributed by atoms with E-state index in [9.17, 15) is 23.5 Å². The van der Waals surface area contributed by atoms with Crippen LogP contribution in [0.25, 0.3) is 0 Å². The van der Waals surface area contributed by atoms with Gasteiger partial charge in [0.1, 0.15) is 17.2 Å². The minimum Gasteiger partial charge on any atom is -0.444 e. The van der Waals surface area contributed by atoms with Gasteiger partial charge in [0.25, 0.3) is 0 Å². The van der Waals surface area contributed by atoms with Crippen LogP contribution >= 0.6 is 0 Å². The highest BCUT2D eigenvalue weighted by molar-refractivity contribution is 5.90. The normalized spacial score (nSPS) is 21.2. The van der Waals surface area contributed by atoms with Crippen molar-refractivity contribution in [1.29, 1.82) is 0 Å². The maximum atomic E-state index is 13.6. The van der Waals surface area contributed by atoms with E-state index in [0.717, 1.165) is 6.07 Å². The van der Waals surface area contributed by atoms with Gasteiger partial charge in [-0.1, -0.05) is 0 Å². The van der Waals surface area contributed by atoms with Gasteiger partial charge in [0, 0.05) is 25.1 Å². The molecule has 2 unspecified atom stereocenters. The largest absolute Gasteiger partial charge is 0.444 e. The number of rotatable bonds is 5. The third kappa shape index (κ3) is 5.46. The van der Waals surface area contributed by atoms with E-state index in [0.29, 0.717) is 5.56 Å². The van der Waals surface area contributed by atoms with Gasteiger partial charge in [-0.25, -0.2) is 13.6 Å². The Morgan fingerprint density at radius 3 is 2.37 bits per heavy atom. The topological polar surface area (TPSA) is 76.1 Å². The number of aliphatic hydroxyl groups excluding tert-OH is 1. The highest BCUT2D eigenvalue weighted by Crippen LogP contribution is 2.34. The van der Waals surface area contributed by atoms with Crippen LogP contribution in [0.5, 0.6) is 0 Å². The molecule has 1 saturated heterocycles. The Hall–Kier alpha value is -2.06. The minimum atomic E-state index is -1.69. The molecule has 1 aromatic rings. The van der Waals surface area contributed by atoms with Crippen LogP contribution in [0.4, 0.5) is 13.6 Å². The summed E-state index contributed by atoms with van der Waals surface area (Å²) >= 11 is 0. The predicted molar refractivity (Wildman–Crippen MR) is 93.1 cm³/mol.